The monoisotopic (exact) mass is 397 g/mol. The number of esters is 1. The van der Waals surface area contributed by atoms with Crippen molar-refractivity contribution in [1.82, 2.24) is 0 Å². The topological polar surface area (TPSA) is 125 Å². The molecule has 0 aliphatic carbocycles. The second-order valence-corrected chi connectivity index (χ2v) is 6.10. The fourth-order valence-electron chi connectivity index (χ4n) is 2.00. The number of nitro benzene ring substituents is 1. The lowest BCUT2D eigenvalue weighted by atomic mass is 10.1. The van der Waals surface area contributed by atoms with E-state index in [-0.39, 0.29) is 16.9 Å². The number of nitrogen functional groups attached to an aromatic ring is 1. The molecule has 0 fully saturated rings. The predicted molar refractivity (Wildman–Crippen MR) is 97.5 cm³/mol. The molecule has 0 unspecified atom stereocenters. The van der Waals surface area contributed by atoms with E-state index in [1.807, 2.05) is 0 Å². The number of nitrogens with one attached hydrogen (secondary N) is 1. The number of halogens is 2. The minimum atomic E-state index is -1.16. The second kappa shape index (κ2) is 8.03. The van der Waals surface area contributed by atoms with E-state index in [0.29, 0.717) is 15.7 Å². The number of anilines is 2. The number of hydrogen-bond acceptors (Lipinski definition) is 6. The molecule has 0 aliphatic heterocycles. The van der Waals surface area contributed by atoms with Crippen molar-refractivity contribution in [2.75, 3.05) is 11.1 Å². The molecule has 0 saturated carbocycles. The maximum absolute atomic E-state index is 12.1. The first-order valence-corrected chi connectivity index (χ1v) is 7.95. The van der Waals surface area contributed by atoms with Crippen molar-refractivity contribution in [1.29, 1.82) is 0 Å². The number of carbonyl (C=O) groups is 2. The highest BCUT2D eigenvalue weighted by atomic mass is 35.5. The third-order valence-corrected chi connectivity index (χ3v) is 3.69. The number of non-ortho nitro benzene ring substituents is 1. The fraction of sp³-hybridized carbons (Fsp3) is 0.125. The molecule has 0 bridgehead atoms. The zero-order valence-electron chi connectivity index (χ0n) is 13.4. The van der Waals surface area contributed by atoms with Crippen LogP contribution in [-0.4, -0.2) is 22.9 Å². The molecule has 2 aromatic rings. The Morgan fingerprint density at radius 1 is 1.19 bits per heavy atom. The predicted octanol–water partition coefficient (Wildman–Crippen LogP) is 3.67. The first kappa shape index (κ1) is 19.5. The SMILES string of the molecule is C[C@H](OC(=O)c1ccc([N+](=O)[O-])cc1N)C(=O)Nc1cc(Cl)cc(Cl)c1. The van der Waals surface area contributed by atoms with Crippen molar-refractivity contribution in [2.45, 2.75) is 13.0 Å². The Labute approximate surface area is 158 Å². The van der Waals surface area contributed by atoms with Crippen molar-refractivity contribution >= 4 is 52.1 Å². The maximum Gasteiger partial charge on any atom is 0.341 e. The number of nitro groups is 1. The van der Waals surface area contributed by atoms with E-state index < -0.39 is 22.9 Å². The highest BCUT2D eigenvalue weighted by Crippen LogP contribution is 2.23. The van der Waals surface area contributed by atoms with Crippen LogP contribution in [-0.2, 0) is 9.53 Å². The molecule has 0 spiro atoms. The van der Waals surface area contributed by atoms with Gasteiger partial charge in [-0.25, -0.2) is 4.79 Å². The number of benzene rings is 2. The molecule has 1 amide bonds. The molecule has 1 atom stereocenters. The number of nitrogens with two attached hydrogens (primary N) is 1. The molecule has 0 saturated heterocycles. The Morgan fingerprint density at radius 3 is 2.35 bits per heavy atom. The summed E-state index contributed by atoms with van der Waals surface area (Å²) in [5.74, 6) is -1.50. The molecule has 8 nitrogen and oxygen atoms in total. The molecule has 26 heavy (non-hydrogen) atoms. The zero-order valence-corrected chi connectivity index (χ0v) is 14.9. The third kappa shape index (κ3) is 4.84. The van der Waals surface area contributed by atoms with Crippen LogP contribution in [0.1, 0.15) is 17.3 Å². The summed E-state index contributed by atoms with van der Waals surface area (Å²) in [6, 6.07) is 7.78. The van der Waals surface area contributed by atoms with E-state index >= 15 is 0 Å². The van der Waals surface area contributed by atoms with Crippen LogP contribution in [0, 0.1) is 10.1 Å². The summed E-state index contributed by atoms with van der Waals surface area (Å²) < 4.78 is 5.05. The smallest absolute Gasteiger partial charge is 0.341 e. The van der Waals surface area contributed by atoms with Crippen molar-refractivity contribution in [3.8, 4) is 0 Å². The minimum absolute atomic E-state index is 0.0824. The van der Waals surface area contributed by atoms with Crippen LogP contribution in [0.15, 0.2) is 36.4 Å². The van der Waals surface area contributed by atoms with Crippen molar-refractivity contribution in [2.24, 2.45) is 0 Å². The first-order chi connectivity index (χ1) is 12.2. The number of amides is 1. The lowest BCUT2D eigenvalue weighted by molar-refractivity contribution is -0.384. The zero-order chi connectivity index (χ0) is 19.4. The van der Waals surface area contributed by atoms with E-state index in [2.05, 4.69) is 5.32 Å². The quantitative estimate of drug-likeness (QED) is 0.343. The molecule has 0 heterocycles. The van der Waals surface area contributed by atoms with E-state index in [0.717, 1.165) is 18.2 Å². The fourth-order valence-corrected chi connectivity index (χ4v) is 2.52. The molecule has 0 aliphatic rings. The Bertz CT molecular complexity index is 868. The largest absolute Gasteiger partial charge is 0.449 e. The Kier molecular flexibility index (Phi) is 6.01. The lowest BCUT2D eigenvalue weighted by Crippen LogP contribution is -2.30. The van der Waals surface area contributed by atoms with Gasteiger partial charge in [0.05, 0.1) is 16.2 Å². The van der Waals surface area contributed by atoms with E-state index in [4.69, 9.17) is 33.7 Å². The Balaban J connectivity index is 2.06. The summed E-state index contributed by atoms with van der Waals surface area (Å²) in [4.78, 5) is 34.3. The average molecular weight is 398 g/mol. The van der Waals surface area contributed by atoms with Gasteiger partial charge in [0.2, 0.25) is 0 Å². The molecule has 0 aromatic heterocycles. The molecule has 2 aromatic carbocycles. The van der Waals surface area contributed by atoms with Crippen LogP contribution in [0.4, 0.5) is 17.1 Å². The summed E-state index contributed by atoms with van der Waals surface area (Å²) in [5.41, 5.74) is 5.50. The normalized spacial score (nSPS) is 11.5. The number of carbonyl (C=O) groups excluding carboxylic acids is 2. The van der Waals surface area contributed by atoms with Crippen molar-refractivity contribution in [3.05, 3.63) is 62.1 Å². The molecular formula is C16H13Cl2N3O5. The van der Waals surface area contributed by atoms with Crippen LogP contribution >= 0.6 is 23.2 Å². The van der Waals surface area contributed by atoms with Gasteiger partial charge in [0, 0.05) is 27.9 Å². The van der Waals surface area contributed by atoms with Crippen LogP contribution in [0.2, 0.25) is 10.0 Å². The minimum Gasteiger partial charge on any atom is -0.449 e. The van der Waals surface area contributed by atoms with Gasteiger partial charge in [-0.15, -0.1) is 0 Å². The summed E-state index contributed by atoms with van der Waals surface area (Å²) in [7, 11) is 0. The number of hydrogen-bond donors (Lipinski definition) is 2. The van der Waals surface area contributed by atoms with Crippen LogP contribution in [0.3, 0.4) is 0 Å². The van der Waals surface area contributed by atoms with Gasteiger partial charge in [-0.1, -0.05) is 23.2 Å². The summed E-state index contributed by atoms with van der Waals surface area (Å²) >= 11 is 11.7. The van der Waals surface area contributed by atoms with Crippen LogP contribution < -0.4 is 11.1 Å². The number of ether oxygens (including phenoxy) is 1. The van der Waals surface area contributed by atoms with Gasteiger partial charge in [0.15, 0.2) is 6.10 Å². The maximum atomic E-state index is 12.1. The second-order valence-electron chi connectivity index (χ2n) is 5.22. The van der Waals surface area contributed by atoms with Crippen molar-refractivity contribution in [3.63, 3.8) is 0 Å². The molecular weight excluding hydrogens is 385 g/mol. The summed E-state index contributed by atoms with van der Waals surface area (Å²) in [6.07, 6.45) is -1.16. The van der Waals surface area contributed by atoms with Crippen LogP contribution in [0.5, 0.6) is 0 Å². The standard InChI is InChI=1S/C16H13Cl2N3O5/c1-8(15(22)20-11-5-9(17)4-10(18)6-11)26-16(23)13-3-2-12(21(24)25)7-14(13)19/h2-8H,19H2,1H3,(H,20,22)/t8-/m0/s1. The van der Waals surface area contributed by atoms with Gasteiger partial charge in [-0.05, 0) is 31.2 Å². The van der Waals surface area contributed by atoms with Gasteiger partial charge in [-0.2, -0.15) is 0 Å². The molecule has 10 heteroatoms. The Hall–Kier alpha value is -2.84. The van der Waals surface area contributed by atoms with Crippen LogP contribution in [0.25, 0.3) is 0 Å². The molecule has 136 valence electrons. The molecule has 0 radical (unpaired) electrons. The molecule has 2 rings (SSSR count). The van der Waals surface area contributed by atoms with E-state index in [9.17, 15) is 19.7 Å². The van der Waals surface area contributed by atoms with Crippen molar-refractivity contribution < 1.29 is 19.2 Å². The highest BCUT2D eigenvalue weighted by Gasteiger charge is 2.22. The highest BCUT2D eigenvalue weighted by molar-refractivity contribution is 6.35. The number of rotatable bonds is 5. The summed E-state index contributed by atoms with van der Waals surface area (Å²) in [5, 5.41) is 13.9. The molecule has 3 N–H and O–H groups in total. The third-order valence-electron chi connectivity index (χ3n) is 3.25. The number of nitrogens with zero attached hydrogens (tertiary/aromatic N) is 1. The average Bonchev–Trinajstić information content (AvgIpc) is 2.53. The summed E-state index contributed by atoms with van der Waals surface area (Å²) in [6.45, 7) is 1.36. The van der Waals surface area contributed by atoms with E-state index in [1.165, 1.54) is 25.1 Å². The van der Waals surface area contributed by atoms with Gasteiger partial charge in [0.25, 0.3) is 11.6 Å². The van der Waals surface area contributed by atoms with E-state index in [1.54, 1.807) is 0 Å². The lowest BCUT2D eigenvalue weighted by Gasteiger charge is -2.14. The van der Waals surface area contributed by atoms with Gasteiger partial charge >= 0.3 is 5.97 Å². The Morgan fingerprint density at radius 2 is 1.81 bits per heavy atom. The van der Waals surface area contributed by atoms with Gasteiger partial charge in [-0.3, -0.25) is 14.9 Å². The first-order valence-electron chi connectivity index (χ1n) is 7.19. The van der Waals surface area contributed by atoms with Gasteiger partial charge < -0.3 is 15.8 Å². The van der Waals surface area contributed by atoms with Gasteiger partial charge in [0.1, 0.15) is 0 Å².